The second-order valence-electron chi connectivity index (χ2n) is 2.60. The normalized spacial score (nSPS) is 11.3. The van der Waals surface area contributed by atoms with Crippen molar-refractivity contribution in [3.05, 3.63) is 35.1 Å². The van der Waals surface area contributed by atoms with Crippen molar-refractivity contribution < 1.29 is 27.6 Å². The van der Waals surface area contributed by atoms with Crippen molar-refractivity contribution in [3.63, 3.8) is 0 Å². The molecule has 0 fully saturated rings. The first-order chi connectivity index (χ1) is 6.88. The van der Waals surface area contributed by atoms with Gasteiger partial charge in [-0.3, -0.25) is 10.0 Å². The molecule has 3 nitrogen and oxygen atoms in total. The quantitative estimate of drug-likeness (QED) is 0.434. The zero-order valence-electron chi connectivity index (χ0n) is 7.10. The zero-order chi connectivity index (χ0) is 11.6. The molecule has 1 rings (SSSR count). The maximum absolute atomic E-state index is 12.9. The summed E-state index contributed by atoms with van der Waals surface area (Å²) in [5.41, 5.74) is -1.71. The molecule has 1 aromatic carbocycles. The van der Waals surface area contributed by atoms with Gasteiger partial charge >= 0.3 is 6.18 Å². The Kier molecular flexibility index (Phi) is 2.94. The van der Waals surface area contributed by atoms with Gasteiger partial charge in [0.15, 0.2) is 0 Å². The van der Waals surface area contributed by atoms with Crippen LogP contribution in [0.3, 0.4) is 0 Å². The predicted molar refractivity (Wildman–Crippen MR) is 40.7 cm³/mol. The molecule has 0 atom stereocenters. The molecule has 0 aliphatic rings. The molecule has 0 saturated carbocycles. The van der Waals surface area contributed by atoms with E-state index in [0.717, 1.165) is 11.5 Å². The van der Waals surface area contributed by atoms with Crippen LogP contribution in [0, 0.1) is 5.82 Å². The van der Waals surface area contributed by atoms with E-state index in [2.05, 4.69) is 0 Å². The molecule has 0 heterocycles. The summed E-state index contributed by atoms with van der Waals surface area (Å²) in [6.07, 6.45) is -4.86. The number of benzene rings is 1. The number of carbonyl (C=O) groups is 1. The van der Waals surface area contributed by atoms with E-state index in [4.69, 9.17) is 5.21 Å². The summed E-state index contributed by atoms with van der Waals surface area (Å²) in [4.78, 5) is 10.8. The van der Waals surface area contributed by atoms with Crippen LogP contribution in [0.2, 0.25) is 0 Å². The number of halogens is 4. The van der Waals surface area contributed by atoms with E-state index in [0.29, 0.717) is 12.1 Å². The van der Waals surface area contributed by atoms with Crippen molar-refractivity contribution in [1.82, 2.24) is 5.48 Å². The van der Waals surface area contributed by atoms with Crippen molar-refractivity contribution in [3.8, 4) is 0 Å². The van der Waals surface area contributed by atoms with E-state index in [1.54, 1.807) is 0 Å². The average molecular weight is 223 g/mol. The van der Waals surface area contributed by atoms with Gasteiger partial charge in [0.25, 0.3) is 5.91 Å². The molecule has 1 aromatic rings. The third-order valence-corrected chi connectivity index (χ3v) is 1.65. The van der Waals surface area contributed by atoms with Crippen molar-refractivity contribution in [2.45, 2.75) is 6.18 Å². The van der Waals surface area contributed by atoms with Crippen LogP contribution in [-0.4, -0.2) is 11.1 Å². The molecule has 2 N–H and O–H groups in total. The first-order valence-corrected chi connectivity index (χ1v) is 3.68. The average Bonchev–Trinajstić information content (AvgIpc) is 2.15. The molecule has 82 valence electrons. The second kappa shape index (κ2) is 3.85. The Morgan fingerprint density at radius 1 is 1.33 bits per heavy atom. The van der Waals surface area contributed by atoms with Crippen LogP contribution >= 0.6 is 0 Å². The minimum atomic E-state index is -4.86. The highest BCUT2D eigenvalue weighted by Gasteiger charge is 2.36. The van der Waals surface area contributed by atoms with Gasteiger partial charge < -0.3 is 0 Å². The lowest BCUT2D eigenvalue weighted by molar-refractivity contribution is -0.138. The minimum absolute atomic E-state index is 0.549. The van der Waals surface area contributed by atoms with Crippen LogP contribution < -0.4 is 5.48 Å². The summed E-state index contributed by atoms with van der Waals surface area (Å²) < 4.78 is 49.8. The Labute approximate surface area is 81.3 Å². The molecular weight excluding hydrogens is 218 g/mol. The van der Waals surface area contributed by atoms with Crippen LogP contribution in [0.1, 0.15) is 15.9 Å². The standard InChI is InChI=1S/C8H5F4NO2/c9-5-3-1-2-4(8(10,11)12)6(5)7(14)13-15/h1-3,15H,(H,13,14). The summed E-state index contributed by atoms with van der Waals surface area (Å²) in [7, 11) is 0. The number of nitrogens with one attached hydrogen (secondary N) is 1. The van der Waals surface area contributed by atoms with Crippen molar-refractivity contribution in [1.29, 1.82) is 0 Å². The number of hydroxylamine groups is 1. The SMILES string of the molecule is O=C(NO)c1c(F)cccc1C(F)(F)F. The van der Waals surface area contributed by atoms with Gasteiger partial charge in [0.05, 0.1) is 11.1 Å². The van der Waals surface area contributed by atoms with E-state index < -0.39 is 29.0 Å². The second-order valence-corrected chi connectivity index (χ2v) is 2.60. The van der Waals surface area contributed by atoms with E-state index in [-0.39, 0.29) is 0 Å². The largest absolute Gasteiger partial charge is 0.417 e. The molecule has 0 radical (unpaired) electrons. The van der Waals surface area contributed by atoms with Crippen LogP contribution in [0.4, 0.5) is 17.6 Å². The van der Waals surface area contributed by atoms with Crippen LogP contribution in [0.15, 0.2) is 18.2 Å². The summed E-state index contributed by atoms with van der Waals surface area (Å²) in [5, 5.41) is 8.17. The number of rotatable bonds is 1. The molecule has 0 unspecified atom stereocenters. The number of alkyl halides is 3. The number of hydrogen-bond donors (Lipinski definition) is 2. The third-order valence-electron chi connectivity index (χ3n) is 1.65. The van der Waals surface area contributed by atoms with Crippen molar-refractivity contribution in [2.24, 2.45) is 0 Å². The fourth-order valence-corrected chi connectivity index (χ4v) is 1.05. The van der Waals surface area contributed by atoms with E-state index in [1.807, 2.05) is 0 Å². The van der Waals surface area contributed by atoms with E-state index in [1.165, 1.54) is 0 Å². The molecule has 0 saturated heterocycles. The van der Waals surface area contributed by atoms with Gasteiger partial charge in [0, 0.05) is 0 Å². The van der Waals surface area contributed by atoms with Crippen molar-refractivity contribution in [2.75, 3.05) is 0 Å². The first kappa shape index (κ1) is 11.4. The topological polar surface area (TPSA) is 49.3 Å². The Bertz CT molecular complexity index is 389. The highest BCUT2D eigenvalue weighted by molar-refractivity contribution is 5.95. The van der Waals surface area contributed by atoms with Crippen LogP contribution in [0.25, 0.3) is 0 Å². The Morgan fingerprint density at radius 2 is 1.93 bits per heavy atom. The van der Waals surface area contributed by atoms with Gasteiger partial charge in [-0.25, -0.2) is 9.87 Å². The van der Waals surface area contributed by atoms with Crippen LogP contribution in [0.5, 0.6) is 0 Å². The maximum atomic E-state index is 12.9. The van der Waals surface area contributed by atoms with E-state index >= 15 is 0 Å². The lowest BCUT2D eigenvalue weighted by Gasteiger charge is -2.11. The number of amides is 1. The Morgan fingerprint density at radius 3 is 2.40 bits per heavy atom. The highest BCUT2D eigenvalue weighted by Crippen LogP contribution is 2.32. The fraction of sp³-hybridized carbons (Fsp3) is 0.125. The summed E-state index contributed by atoms with van der Waals surface area (Å²) in [5.74, 6) is -2.89. The summed E-state index contributed by atoms with van der Waals surface area (Å²) >= 11 is 0. The molecule has 0 bridgehead atoms. The molecular formula is C8H5F4NO2. The van der Waals surface area contributed by atoms with Gasteiger partial charge in [-0.1, -0.05) is 6.07 Å². The number of hydrogen-bond acceptors (Lipinski definition) is 2. The highest BCUT2D eigenvalue weighted by atomic mass is 19.4. The van der Waals surface area contributed by atoms with Crippen molar-refractivity contribution >= 4 is 5.91 Å². The molecule has 15 heavy (non-hydrogen) atoms. The van der Waals surface area contributed by atoms with Gasteiger partial charge in [-0.15, -0.1) is 0 Å². The van der Waals surface area contributed by atoms with Crippen LogP contribution in [-0.2, 0) is 6.18 Å². The number of carbonyl (C=O) groups excluding carboxylic acids is 1. The van der Waals surface area contributed by atoms with Gasteiger partial charge in [0.2, 0.25) is 0 Å². The first-order valence-electron chi connectivity index (χ1n) is 3.68. The fourth-order valence-electron chi connectivity index (χ4n) is 1.05. The van der Waals surface area contributed by atoms with E-state index in [9.17, 15) is 22.4 Å². The molecule has 0 aliphatic carbocycles. The maximum Gasteiger partial charge on any atom is 0.417 e. The smallest absolute Gasteiger partial charge is 0.288 e. The molecule has 0 aliphatic heterocycles. The zero-order valence-corrected chi connectivity index (χ0v) is 7.10. The molecule has 0 aromatic heterocycles. The molecule has 1 amide bonds. The van der Waals surface area contributed by atoms with Gasteiger partial charge in [-0.2, -0.15) is 13.2 Å². The summed E-state index contributed by atoms with van der Waals surface area (Å²) in [6.45, 7) is 0. The predicted octanol–water partition coefficient (Wildman–Crippen LogP) is 1.96. The lowest BCUT2D eigenvalue weighted by atomic mass is 10.1. The van der Waals surface area contributed by atoms with Gasteiger partial charge in [0.1, 0.15) is 5.82 Å². The molecule has 7 heteroatoms. The Balaban J connectivity index is 3.40. The molecule has 0 spiro atoms. The monoisotopic (exact) mass is 223 g/mol. The minimum Gasteiger partial charge on any atom is -0.288 e. The summed E-state index contributed by atoms with van der Waals surface area (Å²) in [6, 6.07) is 2.07. The Hall–Kier alpha value is -1.63. The lowest BCUT2D eigenvalue weighted by Crippen LogP contribution is -2.24. The third kappa shape index (κ3) is 2.24. The van der Waals surface area contributed by atoms with Gasteiger partial charge in [-0.05, 0) is 12.1 Å².